The molecule has 0 spiro atoms. The monoisotopic (exact) mass is 369 g/mol. The lowest BCUT2D eigenvalue weighted by molar-refractivity contribution is -0.890. The van der Waals surface area contributed by atoms with E-state index in [-0.39, 0.29) is 11.9 Å². The van der Waals surface area contributed by atoms with Crippen molar-refractivity contribution in [3.63, 3.8) is 0 Å². The summed E-state index contributed by atoms with van der Waals surface area (Å²) in [4.78, 5) is 14.1. The number of amides is 1. The molecule has 0 unspecified atom stereocenters. The number of fused-ring (bicyclic) bond motifs is 2. The third-order valence-electron chi connectivity index (χ3n) is 5.37. The number of benzene rings is 4. The van der Waals surface area contributed by atoms with Gasteiger partial charge in [-0.3, -0.25) is 4.79 Å². The normalized spacial score (nSPS) is 12.4. The lowest BCUT2D eigenvalue weighted by Crippen LogP contribution is -3.07. The number of likely N-dealkylation sites (N-methyl/N-ethyl adjacent to an activating group) is 1. The molecule has 4 aromatic rings. The van der Waals surface area contributed by atoms with Crippen LogP contribution in [0.4, 0.5) is 0 Å². The molecule has 0 heterocycles. The second-order valence-electron chi connectivity index (χ2n) is 7.47. The highest BCUT2D eigenvalue weighted by Gasteiger charge is 2.21. The zero-order valence-corrected chi connectivity index (χ0v) is 16.3. The van der Waals surface area contributed by atoms with Crippen molar-refractivity contribution in [2.24, 2.45) is 0 Å². The summed E-state index contributed by atoms with van der Waals surface area (Å²) in [6.07, 6.45) is 0. The molecule has 0 saturated heterocycles. The van der Waals surface area contributed by atoms with Crippen LogP contribution in [0.15, 0.2) is 84.9 Å². The van der Waals surface area contributed by atoms with E-state index in [1.807, 2.05) is 36.4 Å². The summed E-state index contributed by atoms with van der Waals surface area (Å²) in [5.41, 5.74) is 1.96. The van der Waals surface area contributed by atoms with Gasteiger partial charge in [-0.25, -0.2) is 0 Å². The van der Waals surface area contributed by atoms with Crippen LogP contribution in [0.5, 0.6) is 0 Å². The van der Waals surface area contributed by atoms with Gasteiger partial charge in [0.05, 0.1) is 20.6 Å². The zero-order chi connectivity index (χ0) is 19.5. The van der Waals surface area contributed by atoms with Crippen molar-refractivity contribution >= 4 is 27.5 Å². The molecule has 0 aliphatic rings. The van der Waals surface area contributed by atoms with Crippen molar-refractivity contribution in [3.05, 3.63) is 96.1 Å². The fraction of sp³-hybridized carbons (Fsp3) is 0.160. The smallest absolute Gasteiger partial charge is 0.251 e. The molecular weight excluding hydrogens is 344 g/mol. The van der Waals surface area contributed by atoms with Crippen molar-refractivity contribution in [2.45, 2.75) is 6.04 Å². The van der Waals surface area contributed by atoms with Crippen LogP contribution in [-0.2, 0) is 0 Å². The van der Waals surface area contributed by atoms with Gasteiger partial charge in [0.15, 0.2) is 0 Å². The summed E-state index contributed by atoms with van der Waals surface area (Å²) >= 11 is 0. The maximum Gasteiger partial charge on any atom is 0.251 e. The number of quaternary nitrogens is 1. The highest BCUT2D eigenvalue weighted by molar-refractivity contribution is 5.98. The van der Waals surface area contributed by atoms with Crippen LogP contribution in [0.25, 0.3) is 21.5 Å². The molecule has 0 bridgehead atoms. The summed E-state index contributed by atoms with van der Waals surface area (Å²) in [6, 6.07) is 29.0. The Morgan fingerprint density at radius 2 is 1.50 bits per heavy atom. The Hall–Kier alpha value is -3.17. The van der Waals surface area contributed by atoms with Crippen LogP contribution in [0.3, 0.4) is 0 Å². The summed E-state index contributed by atoms with van der Waals surface area (Å²) in [7, 11) is 4.27. The topological polar surface area (TPSA) is 33.5 Å². The minimum atomic E-state index is -0.0303. The SMILES string of the molecule is C[NH+](C)[C@@H](CNC(=O)c1ccc2ccccc2c1)c1cccc2ccccc12. The Morgan fingerprint density at radius 3 is 2.29 bits per heavy atom. The average molecular weight is 369 g/mol. The number of rotatable bonds is 5. The first-order valence-corrected chi connectivity index (χ1v) is 9.68. The maximum absolute atomic E-state index is 12.8. The fourth-order valence-corrected chi connectivity index (χ4v) is 3.81. The molecular formula is C25H25N2O+. The first-order valence-electron chi connectivity index (χ1n) is 9.68. The summed E-state index contributed by atoms with van der Waals surface area (Å²) < 4.78 is 0. The van der Waals surface area contributed by atoms with Crippen molar-refractivity contribution < 1.29 is 9.69 Å². The molecule has 28 heavy (non-hydrogen) atoms. The summed E-state index contributed by atoms with van der Waals surface area (Å²) in [6.45, 7) is 0.585. The fourth-order valence-electron chi connectivity index (χ4n) is 3.81. The molecule has 1 atom stereocenters. The van der Waals surface area contributed by atoms with Crippen LogP contribution >= 0.6 is 0 Å². The summed E-state index contributed by atoms with van der Waals surface area (Å²) in [5, 5.41) is 7.85. The molecule has 2 N–H and O–H groups in total. The van der Waals surface area contributed by atoms with E-state index < -0.39 is 0 Å². The van der Waals surface area contributed by atoms with Gasteiger partial charge in [0.1, 0.15) is 6.04 Å². The lowest BCUT2D eigenvalue weighted by Gasteiger charge is -2.23. The Labute approximate surface area is 165 Å². The number of hydrogen-bond donors (Lipinski definition) is 2. The third kappa shape index (κ3) is 3.62. The average Bonchev–Trinajstić information content (AvgIpc) is 2.73. The van der Waals surface area contributed by atoms with Crippen molar-refractivity contribution in [2.75, 3.05) is 20.6 Å². The van der Waals surface area contributed by atoms with Gasteiger partial charge in [0.2, 0.25) is 0 Å². The molecule has 4 aromatic carbocycles. The molecule has 0 radical (unpaired) electrons. The molecule has 0 aliphatic heterocycles. The minimum absolute atomic E-state index is 0.0303. The number of carbonyl (C=O) groups is 1. The van der Waals surface area contributed by atoms with Crippen LogP contribution in [0.2, 0.25) is 0 Å². The molecule has 0 fully saturated rings. The van der Waals surface area contributed by atoms with Gasteiger partial charge in [0, 0.05) is 11.1 Å². The zero-order valence-electron chi connectivity index (χ0n) is 16.3. The van der Waals surface area contributed by atoms with Crippen LogP contribution in [0, 0.1) is 0 Å². The summed E-state index contributed by atoms with van der Waals surface area (Å²) in [5.74, 6) is -0.0303. The molecule has 140 valence electrons. The van der Waals surface area contributed by atoms with Gasteiger partial charge in [-0.2, -0.15) is 0 Å². The van der Waals surface area contributed by atoms with Crippen molar-refractivity contribution in [1.29, 1.82) is 0 Å². The lowest BCUT2D eigenvalue weighted by atomic mass is 9.98. The van der Waals surface area contributed by atoms with Gasteiger partial charge in [-0.15, -0.1) is 0 Å². The van der Waals surface area contributed by atoms with E-state index in [1.165, 1.54) is 21.2 Å². The van der Waals surface area contributed by atoms with Gasteiger partial charge in [-0.05, 0) is 33.7 Å². The quantitative estimate of drug-likeness (QED) is 0.554. The van der Waals surface area contributed by atoms with Crippen molar-refractivity contribution in [3.8, 4) is 0 Å². The standard InChI is InChI=1S/C25H24N2O/c1-27(2)24(23-13-7-11-19-9-5-6-12-22(19)23)17-26-25(28)21-15-14-18-8-3-4-10-20(18)16-21/h3-16,24H,17H2,1-2H3,(H,26,28)/p+1/t24-/m0/s1. The van der Waals surface area contributed by atoms with E-state index in [1.54, 1.807) is 0 Å². The maximum atomic E-state index is 12.8. The molecule has 0 saturated carbocycles. The number of hydrogen-bond acceptors (Lipinski definition) is 1. The Morgan fingerprint density at radius 1 is 0.821 bits per heavy atom. The van der Waals surface area contributed by atoms with E-state index in [0.29, 0.717) is 12.1 Å². The Bertz CT molecular complexity index is 1130. The second-order valence-corrected chi connectivity index (χ2v) is 7.47. The van der Waals surface area contributed by atoms with E-state index >= 15 is 0 Å². The minimum Gasteiger partial charge on any atom is -0.346 e. The van der Waals surface area contributed by atoms with E-state index in [0.717, 1.165) is 10.8 Å². The van der Waals surface area contributed by atoms with E-state index in [4.69, 9.17) is 0 Å². The highest BCUT2D eigenvalue weighted by Crippen LogP contribution is 2.23. The van der Waals surface area contributed by atoms with E-state index in [2.05, 4.69) is 67.9 Å². The molecule has 0 aromatic heterocycles. The van der Waals surface area contributed by atoms with E-state index in [9.17, 15) is 4.79 Å². The van der Waals surface area contributed by atoms with Crippen LogP contribution < -0.4 is 10.2 Å². The largest absolute Gasteiger partial charge is 0.346 e. The third-order valence-corrected chi connectivity index (χ3v) is 5.37. The number of carbonyl (C=O) groups excluding carboxylic acids is 1. The second kappa shape index (κ2) is 7.83. The van der Waals surface area contributed by atoms with Gasteiger partial charge in [-0.1, -0.05) is 72.8 Å². The Balaban J connectivity index is 1.57. The van der Waals surface area contributed by atoms with Crippen LogP contribution in [0.1, 0.15) is 22.0 Å². The number of nitrogens with one attached hydrogen (secondary N) is 2. The molecule has 3 nitrogen and oxygen atoms in total. The molecule has 1 amide bonds. The van der Waals surface area contributed by atoms with Gasteiger partial charge < -0.3 is 10.2 Å². The van der Waals surface area contributed by atoms with Gasteiger partial charge >= 0.3 is 0 Å². The molecule has 4 rings (SSSR count). The van der Waals surface area contributed by atoms with Crippen molar-refractivity contribution in [1.82, 2.24) is 5.32 Å². The highest BCUT2D eigenvalue weighted by atomic mass is 16.1. The molecule has 0 aliphatic carbocycles. The predicted molar refractivity (Wildman–Crippen MR) is 116 cm³/mol. The predicted octanol–water partition coefficient (Wildman–Crippen LogP) is 3.61. The first kappa shape index (κ1) is 18.2. The molecule has 3 heteroatoms. The Kier molecular flexibility index (Phi) is 5.09. The van der Waals surface area contributed by atoms with Crippen LogP contribution in [-0.4, -0.2) is 26.5 Å². The first-order chi connectivity index (χ1) is 13.6. The van der Waals surface area contributed by atoms with Gasteiger partial charge in [0.25, 0.3) is 5.91 Å².